The van der Waals surface area contributed by atoms with Gasteiger partial charge in [0, 0.05) is 30.4 Å². The van der Waals surface area contributed by atoms with Crippen LogP contribution >= 0.6 is 0 Å². The molecule has 192 valence electrons. The van der Waals surface area contributed by atoms with Crippen LogP contribution in [0.1, 0.15) is 12.8 Å². The van der Waals surface area contributed by atoms with Crippen molar-refractivity contribution in [2.24, 2.45) is 0 Å². The van der Waals surface area contributed by atoms with Gasteiger partial charge in [0.2, 0.25) is 11.8 Å². The number of benzene rings is 3. The Morgan fingerprint density at radius 1 is 1.00 bits per heavy atom. The molecule has 0 aliphatic carbocycles. The number of fused-ring (bicyclic) bond motifs is 1. The Balaban J connectivity index is 1.39. The Morgan fingerprint density at radius 3 is 2.46 bits per heavy atom. The van der Waals surface area contributed by atoms with Crippen LogP contribution in [0.4, 0.5) is 21.5 Å². The molecule has 0 saturated carbocycles. The lowest BCUT2D eigenvalue weighted by Crippen LogP contribution is -2.38. The van der Waals surface area contributed by atoms with Gasteiger partial charge in [-0.1, -0.05) is 6.07 Å². The molecule has 0 unspecified atom stereocenters. The number of carbonyl (C=O) groups excluding carboxylic acids is 2. The summed E-state index contributed by atoms with van der Waals surface area (Å²) in [5, 5.41) is 2.67. The number of nitrogens with zero attached hydrogens (tertiary/aromatic N) is 2. The van der Waals surface area contributed by atoms with Gasteiger partial charge in [0.1, 0.15) is 25.6 Å². The zero-order valence-electron chi connectivity index (χ0n) is 19.7. The lowest BCUT2D eigenvalue weighted by molar-refractivity contribution is -0.117. The average molecular weight is 526 g/mol. The van der Waals surface area contributed by atoms with E-state index in [0.717, 1.165) is 22.5 Å². The fourth-order valence-corrected chi connectivity index (χ4v) is 5.66. The van der Waals surface area contributed by atoms with Crippen LogP contribution in [0.2, 0.25) is 0 Å². The van der Waals surface area contributed by atoms with Crippen molar-refractivity contribution in [1.82, 2.24) is 0 Å². The van der Waals surface area contributed by atoms with Gasteiger partial charge in [-0.2, -0.15) is 0 Å². The molecule has 3 aromatic rings. The molecule has 0 bridgehead atoms. The van der Waals surface area contributed by atoms with Crippen molar-refractivity contribution in [3.8, 4) is 11.5 Å². The molecule has 1 saturated heterocycles. The van der Waals surface area contributed by atoms with Crippen molar-refractivity contribution in [2.75, 3.05) is 40.8 Å². The van der Waals surface area contributed by atoms with Crippen LogP contribution in [0.3, 0.4) is 0 Å². The number of amides is 2. The van der Waals surface area contributed by atoms with Crippen LogP contribution in [0.25, 0.3) is 0 Å². The summed E-state index contributed by atoms with van der Waals surface area (Å²) in [6, 6.07) is 15.9. The zero-order valence-corrected chi connectivity index (χ0v) is 20.5. The monoisotopic (exact) mass is 525 g/mol. The summed E-state index contributed by atoms with van der Waals surface area (Å²) in [5.41, 5.74) is 1.15. The molecule has 2 amide bonds. The van der Waals surface area contributed by atoms with Crippen LogP contribution < -0.4 is 24.0 Å². The molecule has 2 aliphatic heterocycles. The summed E-state index contributed by atoms with van der Waals surface area (Å²) >= 11 is 0. The lowest BCUT2D eigenvalue weighted by atomic mass is 10.2. The van der Waals surface area contributed by atoms with Crippen LogP contribution in [0.15, 0.2) is 71.6 Å². The van der Waals surface area contributed by atoms with E-state index in [1.807, 2.05) is 0 Å². The second kappa shape index (κ2) is 10.1. The third kappa shape index (κ3) is 5.21. The molecule has 0 radical (unpaired) electrons. The van der Waals surface area contributed by atoms with Crippen LogP contribution in [-0.4, -0.2) is 46.5 Å². The van der Waals surface area contributed by atoms with Crippen molar-refractivity contribution < 1.29 is 31.9 Å². The first kappa shape index (κ1) is 24.6. The summed E-state index contributed by atoms with van der Waals surface area (Å²) in [6.07, 6.45) is 1.30. The van der Waals surface area contributed by atoms with Crippen molar-refractivity contribution in [3.63, 3.8) is 0 Å². The lowest BCUT2D eigenvalue weighted by Gasteiger charge is -2.25. The third-order valence-electron chi connectivity index (χ3n) is 6.02. The van der Waals surface area contributed by atoms with Crippen molar-refractivity contribution in [3.05, 3.63) is 72.5 Å². The van der Waals surface area contributed by atoms with Gasteiger partial charge in [-0.3, -0.25) is 13.9 Å². The fraction of sp³-hybridized carbons (Fsp3) is 0.231. The summed E-state index contributed by atoms with van der Waals surface area (Å²) in [4.78, 5) is 26.5. The highest BCUT2D eigenvalue weighted by molar-refractivity contribution is 7.92. The standard InChI is InChI=1S/C26H24FN3O6S/c27-18-3-1-4-21(15-18)30(37(33,34)22-10-11-23-24(16-22)36-14-13-35-23)17-25(31)28-19-6-8-20(9-7-19)29-12-2-5-26(29)32/h1,3-4,6-11,15-16H,2,5,12-14,17H2,(H,28,31). The topological polar surface area (TPSA) is 105 Å². The normalized spacial score (nSPS) is 14.9. The van der Waals surface area contributed by atoms with E-state index in [1.165, 1.54) is 36.4 Å². The third-order valence-corrected chi connectivity index (χ3v) is 7.79. The molecule has 1 fully saturated rings. The van der Waals surface area contributed by atoms with Gasteiger partial charge >= 0.3 is 0 Å². The summed E-state index contributed by atoms with van der Waals surface area (Å²) in [6.45, 7) is 0.665. The predicted molar refractivity (Wildman–Crippen MR) is 135 cm³/mol. The highest BCUT2D eigenvalue weighted by Gasteiger charge is 2.29. The Bertz CT molecular complexity index is 1440. The van der Waals surface area contributed by atoms with Gasteiger partial charge in [0.05, 0.1) is 10.6 Å². The molecular formula is C26H24FN3O6S. The van der Waals surface area contributed by atoms with Gasteiger partial charge < -0.3 is 19.7 Å². The first-order chi connectivity index (χ1) is 17.8. The van der Waals surface area contributed by atoms with E-state index in [0.29, 0.717) is 31.0 Å². The number of hydrogen-bond donors (Lipinski definition) is 1. The SMILES string of the molecule is O=C(CN(c1cccc(F)c1)S(=O)(=O)c1ccc2c(c1)OCCO2)Nc1ccc(N2CCCC2=O)cc1. The average Bonchev–Trinajstić information content (AvgIpc) is 3.33. The second-order valence-corrected chi connectivity index (χ2v) is 10.4. The van der Waals surface area contributed by atoms with E-state index >= 15 is 0 Å². The summed E-state index contributed by atoms with van der Waals surface area (Å²) in [7, 11) is -4.29. The Hall–Kier alpha value is -4.12. The molecule has 2 heterocycles. The number of hydrogen-bond acceptors (Lipinski definition) is 6. The van der Waals surface area contributed by atoms with E-state index in [2.05, 4.69) is 5.32 Å². The molecule has 1 N–H and O–H groups in total. The van der Waals surface area contributed by atoms with Gasteiger partial charge in [-0.15, -0.1) is 0 Å². The maximum atomic E-state index is 14.0. The molecule has 37 heavy (non-hydrogen) atoms. The molecule has 11 heteroatoms. The molecule has 9 nitrogen and oxygen atoms in total. The minimum atomic E-state index is -4.29. The smallest absolute Gasteiger partial charge is 0.264 e. The number of nitrogens with one attached hydrogen (secondary N) is 1. The number of rotatable bonds is 7. The van der Waals surface area contributed by atoms with Crippen LogP contribution in [-0.2, 0) is 19.6 Å². The molecule has 0 atom stereocenters. The van der Waals surface area contributed by atoms with Gasteiger partial charge in [0.15, 0.2) is 11.5 Å². The minimum absolute atomic E-state index is 0.00654. The summed E-state index contributed by atoms with van der Waals surface area (Å²) in [5.74, 6) is -0.540. The number of halogens is 1. The van der Waals surface area contributed by atoms with Crippen molar-refractivity contribution >= 4 is 38.9 Å². The molecule has 5 rings (SSSR count). The number of anilines is 3. The maximum absolute atomic E-state index is 14.0. The van der Waals surface area contributed by atoms with Gasteiger partial charge in [-0.05, 0) is 61.0 Å². The zero-order chi connectivity index (χ0) is 26.0. The first-order valence-electron chi connectivity index (χ1n) is 11.7. The summed E-state index contributed by atoms with van der Waals surface area (Å²) < 4.78 is 53.1. The maximum Gasteiger partial charge on any atom is 0.264 e. The van der Waals surface area contributed by atoms with E-state index in [9.17, 15) is 22.4 Å². The Labute approximate surface area is 213 Å². The highest BCUT2D eigenvalue weighted by atomic mass is 32.2. The molecule has 3 aromatic carbocycles. The van der Waals surface area contributed by atoms with E-state index in [-0.39, 0.29) is 28.8 Å². The quantitative estimate of drug-likeness (QED) is 0.506. The van der Waals surface area contributed by atoms with Crippen molar-refractivity contribution in [1.29, 1.82) is 0 Å². The van der Waals surface area contributed by atoms with Gasteiger partial charge in [0.25, 0.3) is 10.0 Å². The van der Waals surface area contributed by atoms with Crippen LogP contribution in [0.5, 0.6) is 11.5 Å². The molecule has 2 aliphatic rings. The molecular weight excluding hydrogens is 501 g/mol. The Kier molecular flexibility index (Phi) is 6.70. The van der Waals surface area contributed by atoms with E-state index in [1.54, 1.807) is 29.2 Å². The highest BCUT2D eigenvalue weighted by Crippen LogP contribution is 2.34. The number of carbonyl (C=O) groups is 2. The van der Waals surface area contributed by atoms with Crippen molar-refractivity contribution in [2.45, 2.75) is 17.7 Å². The molecule has 0 aromatic heterocycles. The Morgan fingerprint density at radius 2 is 1.76 bits per heavy atom. The largest absolute Gasteiger partial charge is 0.486 e. The van der Waals surface area contributed by atoms with E-state index < -0.39 is 28.3 Å². The fourth-order valence-electron chi connectivity index (χ4n) is 4.23. The second-order valence-electron chi connectivity index (χ2n) is 8.54. The van der Waals surface area contributed by atoms with Crippen LogP contribution in [0, 0.1) is 5.82 Å². The number of sulfonamides is 1. The molecule has 0 spiro atoms. The number of ether oxygens (including phenoxy) is 2. The predicted octanol–water partition coefficient (Wildman–Crippen LogP) is 3.56. The first-order valence-corrected chi connectivity index (χ1v) is 13.1. The van der Waals surface area contributed by atoms with Gasteiger partial charge in [-0.25, -0.2) is 12.8 Å². The van der Waals surface area contributed by atoms with E-state index in [4.69, 9.17) is 9.47 Å². The minimum Gasteiger partial charge on any atom is -0.486 e.